The second kappa shape index (κ2) is 9.12. The van der Waals surface area contributed by atoms with Crippen LogP contribution in [0.1, 0.15) is 45.7 Å². The Bertz CT molecular complexity index is 699. The molecule has 2 rings (SSSR count). The van der Waals surface area contributed by atoms with Crippen molar-refractivity contribution >= 4 is 12.0 Å². The fourth-order valence-electron chi connectivity index (χ4n) is 2.76. The molecule has 1 heterocycles. The molecule has 7 heteroatoms. The van der Waals surface area contributed by atoms with Crippen LogP contribution in [0.25, 0.3) is 0 Å². The first-order valence-electron chi connectivity index (χ1n) is 8.86. The van der Waals surface area contributed by atoms with Crippen molar-refractivity contribution in [1.82, 2.24) is 10.6 Å². The highest BCUT2D eigenvalue weighted by Gasteiger charge is 2.34. The molecule has 0 aliphatic carbocycles. The molecular formula is C19H26N2O5. The number of allylic oxidation sites excluding steroid dienone is 1. The zero-order chi connectivity index (χ0) is 19.1. The van der Waals surface area contributed by atoms with Crippen molar-refractivity contribution in [2.75, 3.05) is 19.8 Å². The monoisotopic (exact) mass is 362 g/mol. The average molecular weight is 362 g/mol. The second-order valence-corrected chi connectivity index (χ2v) is 5.77. The van der Waals surface area contributed by atoms with E-state index in [0.717, 1.165) is 6.42 Å². The Kier molecular flexibility index (Phi) is 6.89. The zero-order valence-corrected chi connectivity index (χ0v) is 15.7. The number of carbonyl (C=O) groups excluding carboxylic acids is 2. The van der Waals surface area contributed by atoms with Crippen LogP contribution in [-0.4, -0.2) is 31.8 Å². The van der Waals surface area contributed by atoms with Gasteiger partial charge >= 0.3 is 12.0 Å². The summed E-state index contributed by atoms with van der Waals surface area (Å²) in [4.78, 5) is 24.6. The van der Waals surface area contributed by atoms with E-state index in [0.29, 0.717) is 48.2 Å². The van der Waals surface area contributed by atoms with E-state index in [1.165, 1.54) is 0 Å². The van der Waals surface area contributed by atoms with Gasteiger partial charge in [0, 0.05) is 17.3 Å². The van der Waals surface area contributed by atoms with Gasteiger partial charge in [-0.05, 0) is 39.3 Å². The Morgan fingerprint density at radius 2 is 1.88 bits per heavy atom. The first kappa shape index (κ1) is 19.6. The maximum absolute atomic E-state index is 12.6. The Labute approximate surface area is 153 Å². The number of hydrogen-bond donors (Lipinski definition) is 2. The van der Waals surface area contributed by atoms with E-state index in [9.17, 15) is 9.59 Å². The lowest BCUT2D eigenvalue weighted by Gasteiger charge is -2.29. The van der Waals surface area contributed by atoms with Crippen LogP contribution in [0.15, 0.2) is 29.5 Å². The molecule has 26 heavy (non-hydrogen) atoms. The Hall–Kier alpha value is -2.70. The number of rotatable bonds is 8. The molecule has 0 spiro atoms. The summed E-state index contributed by atoms with van der Waals surface area (Å²) in [6, 6.07) is 4.31. The van der Waals surface area contributed by atoms with Crippen molar-refractivity contribution in [3.63, 3.8) is 0 Å². The summed E-state index contributed by atoms with van der Waals surface area (Å²) < 4.78 is 16.5. The van der Waals surface area contributed by atoms with E-state index >= 15 is 0 Å². The van der Waals surface area contributed by atoms with Crippen molar-refractivity contribution in [3.8, 4) is 11.5 Å². The molecule has 0 saturated carbocycles. The Morgan fingerprint density at radius 3 is 2.54 bits per heavy atom. The van der Waals surface area contributed by atoms with E-state index < -0.39 is 12.0 Å². The fourth-order valence-corrected chi connectivity index (χ4v) is 2.76. The summed E-state index contributed by atoms with van der Waals surface area (Å²) in [5.41, 5.74) is 1.51. The molecule has 1 aromatic carbocycles. The second-order valence-electron chi connectivity index (χ2n) is 5.77. The lowest BCUT2D eigenvalue weighted by molar-refractivity contribution is -0.139. The third-order valence-corrected chi connectivity index (χ3v) is 3.83. The molecule has 1 unspecified atom stereocenters. The highest BCUT2D eigenvalue weighted by molar-refractivity contribution is 5.95. The molecule has 7 nitrogen and oxygen atoms in total. The van der Waals surface area contributed by atoms with Crippen LogP contribution in [0, 0.1) is 0 Å². The van der Waals surface area contributed by atoms with E-state index in [2.05, 4.69) is 10.6 Å². The third-order valence-electron chi connectivity index (χ3n) is 3.83. The SMILES string of the molecule is CCCOC(=O)C1=C(C)NC(=O)NC1c1ccc(OCC)cc1OCC. The van der Waals surface area contributed by atoms with Crippen molar-refractivity contribution in [3.05, 3.63) is 35.0 Å². The Balaban J connectivity index is 2.46. The molecule has 1 atom stereocenters. The topological polar surface area (TPSA) is 85.9 Å². The van der Waals surface area contributed by atoms with Gasteiger partial charge < -0.3 is 24.8 Å². The normalized spacial score (nSPS) is 16.6. The summed E-state index contributed by atoms with van der Waals surface area (Å²) in [5, 5.41) is 5.42. The molecule has 2 amide bonds. The summed E-state index contributed by atoms with van der Waals surface area (Å²) in [7, 11) is 0. The molecule has 0 aromatic heterocycles. The minimum Gasteiger partial charge on any atom is -0.494 e. The number of esters is 1. The molecule has 1 aliphatic rings. The van der Waals surface area contributed by atoms with E-state index in [-0.39, 0.29) is 6.03 Å². The number of urea groups is 1. The van der Waals surface area contributed by atoms with Gasteiger partial charge in [0.05, 0.1) is 31.4 Å². The number of ether oxygens (including phenoxy) is 3. The van der Waals surface area contributed by atoms with Gasteiger partial charge in [-0.2, -0.15) is 0 Å². The van der Waals surface area contributed by atoms with Crippen molar-refractivity contribution in [2.24, 2.45) is 0 Å². The van der Waals surface area contributed by atoms with Gasteiger partial charge in [0.25, 0.3) is 0 Å². The smallest absolute Gasteiger partial charge is 0.338 e. The number of nitrogens with one attached hydrogen (secondary N) is 2. The quantitative estimate of drug-likeness (QED) is 0.694. The largest absolute Gasteiger partial charge is 0.494 e. The molecular weight excluding hydrogens is 336 g/mol. The van der Waals surface area contributed by atoms with Gasteiger partial charge in [0.15, 0.2) is 0 Å². The minimum absolute atomic E-state index is 0.317. The molecule has 0 saturated heterocycles. The highest BCUT2D eigenvalue weighted by atomic mass is 16.5. The Morgan fingerprint density at radius 1 is 1.15 bits per heavy atom. The first-order valence-corrected chi connectivity index (χ1v) is 8.86. The summed E-state index contributed by atoms with van der Waals surface area (Å²) >= 11 is 0. The summed E-state index contributed by atoms with van der Waals surface area (Å²) in [6.45, 7) is 8.67. The third kappa shape index (κ3) is 4.47. The van der Waals surface area contributed by atoms with Crippen molar-refractivity contribution in [2.45, 2.75) is 40.2 Å². The number of benzene rings is 1. The van der Waals surface area contributed by atoms with Crippen LogP contribution in [-0.2, 0) is 9.53 Å². The van der Waals surface area contributed by atoms with Crippen LogP contribution in [0.5, 0.6) is 11.5 Å². The van der Waals surface area contributed by atoms with Crippen molar-refractivity contribution in [1.29, 1.82) is 0 Å². The van der Waals surface area contributed by atoms with Crippen LogP contribution in [0.3, 0.4) is 0 Å². The minimum atomic E-state index is -0.662. The van der Waals surface area contributed by atoms with Crippen LogP contribution in [0.2, 0.25) is 0 Å². The standard InChI is InChI=1S/C19H26N2O5/c1-5-10-26-18(22)16-12(4)20-19(23)21-17(16)14-9-8-13(24-6-2)11-15(14)25-7-3/h8-9,11,17H,5-7,10H2,1-4H3,(H2,20,21,23). The lowest BCUT2D eigenvalue weighted by Crippen LogP contribution is -2.45. The maximum atomic E-state index is 12.6. The van der Waals surface area contributed by atoms with Gasteiger partial charge in [-0.15, -0.1) is 0 Å². The first-order chi connectivity index (χ1) is 12.5. The number of carbonyl (C=O) groups is 2. The summed E-state index contributed by atoms with van der Waals surface area (Å²) in [5.74, 6) is 0.758. The van der Waals surface area contributed by atoms with E-state index in [1.54, 1.807) is 25.1 Å². The van der Waals surface area contributed by atoms with Gasteiger partial charge in [-0.3, -0.25) is 0 Å². The van der Waals surface area contributed by atoms with Gasteiger partial charge in [-0.25, -0.2) is 9.59 Å². The molecule has 2 N–H and O–H groups in total. The fraction of sp³-hybridized carbons (Fsp3) is 0.474. The molecule has 0 radical (unpaired) electrons. The predicted molar refractivity (Wildman–Crippen MR) is 97.1 cm³/mol. The molecule has 1 aromatic rings. The van der Waals surface area contributed by atoms with Crippen LogP contribution < -0.4 is 20.1 Å². The number of hydrogen-bond acceptors (Lipinski definition) is 5. The summed E-state index contributed by atoms with van der Waals surface area (Å²) in [6.07, 6.45) is 0.718. The maximum Gasteiger partial charge on any atom is 0.338 e. The highest BCUT2D eigenvalue weighted by Crippen LogP contribution is 2.36. The van der Waals surface area contributed by atoms with Gasteiger partial charge in [0.1, 0.15) is 11.5 Å². The lowest BCUT2D eigenvalue weighted by atomic mass is 9.94. The number of amides is 2. The van der Waals surface area contributed by atoms with Gasteiger partial charge in [0.2, 0.25) is 0 Å². The zero-order valence-electron chi connectivity index (χ0n) is 15.7. The molecule has 0 bridgehead atoms. The van der Waals surface area contributed by atoms with Crippen LogP contribution >= 0.6 is 0 Å². The van der Waals surface area contributed by atoms with E-state index in [1.807, 2.05) is 20.8 Å². The average Bonchev–Trinajstić information content (AvgIpc) is 2.60. The predicted octanol–water partition coefficient (Wildman–Crippen LogP) is 3.07. The van der Waals surface area contributed by atoms with E-state index in [4.69, 9.17) is 14.2 Å². The molecule has 142 valence electrons. The molecule has 0 fully saturated rings. The van der Waals surface area contributed by atoms with Crippen molar-refractivity contribution < 1.29 is 23.8 Å². The van der Waals surface area contributed by atoms with Gasteiger partial charge in [-0.1, -0.05) is 6.92 Å². The van der Waals surface area contributed by atoms with Crippen LogP contribution in [0.4, 0.5) is 4.79 Å². The molecule has 1 aliphatic heterocycles.